The smallest absolute Gasteiger partial charge is 0.338 e. The Labute approximate surface area is 184 Å². The normalized spacial score (nSPS) is 16.1. The van der Waals surface area contributed by atoms with Gasteiger partial charge in [-0.1, -0.05) is 54.6 Å². The zero-order chi connectivity index (χ0) is 21.8. The molecule has 1 unspecified atom stereocenters. The van der Waals surface area contributed by atoms with E-state index in [1.165, 1.54) is 16.7 Å². The van der Waals surface area contributed by atoms with Crippen molar-refractivity contribution in [1.29, 1.82) is 0 Å². The summed E-state index contributed by atoms with van der Waals surface area (Å²) in [5.74, 6) is 0.595. The van der Waals surface area contributed by atoms with E-state index in [2.05, 4.69) is 41.3 Å². The second kappa shape index (κ2) is 9.36. The molecule has 4 rings (SSSR count). The molecule has 1 atom stereocenters. The van der Waals surface area contributed by atoms with Crippen molar-refractivity contribution in [3.05, 3.63) is 101 Å². The molecule has 0 radical (unpaired) electrons. The van der Waals surface area contributed by atoms with Gasteiger partial charge in [-0.2, -0.15) is 0 Å². The summed E-state index contributed by atoms with van der Waals surface area (Å²) < 4.78 is 10.8. The summed E-state index contributed by atoms with van der Waals surface area (Å²) in [4.78, 5) is 15.1. The van der Waals surface area contributed by atoms with Crippen LogP contribution in [-0.2, 0) is 24.2 Å². The van der Waals surface area contributed by atoms with Gasteiger partial charge < -0.3 is 9.47 Å². The first kappa shape index (κ1) is 21.1. The second-order valence-corrected chi connectivity index (χ2v) is 8.28. The highest BCUT2D eigenvalue weighted by Gasteiger charge is 2.28. The second-order valence-electron chi connectivity index (χ2n) is 8.28. The molecule has 0 fully saturated rings. The molecule has 1 aliphatic rings. The maximum absolute atomic E-state index is 12.7. The highest BCUT2D eigenvalue weighted by atomic mass is 16.5. The van der Waals surface area contributed by atoms with Crippen LogP contribution in [-0.4, -0.2) is 24.1 Å². The largest absolute Gasteiger partial charge is 0.497 e. The van der Waals surface area contributed by atoms with Crippen LogP contribution in [0, 0.1) is 0 Å². The van der Waals surface area contributed by atoms with Gasteiger partial charge in [-0.3, -0.25) is 4.90 Å². The summed E-state index contributed by atoms with van der Waals surface area (Å²) in [6.07, 6.45) is 0.788. The van der Waals surface area contributed by atoms with Crippen molar-refractivity contribution in [2.45, 2.75) is 45.5 Å². The standard InChI is InChI=1S/C27H29NO3/c1-19(2)31-27(29)25-11-7-6-10-23(25)18-28-17-22-9-5-4-8-21(22)16-26(28)20-12-14-24(30-3)15-13-20/h4-15,19,26H,16-18H2,1-3H3. The number of hydrogen-bond acceptors (Lipinski definition) is 4. The maximum atomic E-state index is 12.7. The first-order chi connectivity index (χ1) is 15.0. The minimum absolute atomic E-state index is 0.144. The van der Waals surface area contributed by atoms with Crippen LogP contribution in [0.1, 0.15) is 52.5 Å². The summed E-state index contributed by atoms with van der Waals surface area (Å²) in [6.45, 7) is 5.26. The lowest BCUT2D eigenvalue weighted by Crippen LogP contribution is -2.34. The van der Waals surface area contributed by atoms with E-state index in [0.29, 0.717) is 12.1 Å². The molecule has 160 valence electrons. The van der Waals surface area contributed by atoms with Gasteiger partial charge >= 0.3 is 5.97 Å². The van der Waals surface area contributed by atoms with Crippen molar-refractivity contribution in [3.63, 3.8) is 0 Å². The van der Waals surface area contributed by atoms with E-state index < -0.39 is 0 Å². The van der Waals surface area contributed by atoms with Crippen LogP contribution < -0.4 is 4.74 Å². The van der Waals surface area contributed by atoms with Crippen molar-refractivity contribution >= 4 is 5.97 Å². The monoisotopic (exact) mass is 415 g/mol. The van der Waals surface area contributed by atoms with Gasteiger partial charge in [-0.15, -0.1) is 0 Å². The van der Waals surface area contributed by atoms with Gasteiger partial charge in [0.15, 0.2) is 0 Å². The predicted molar refractivity (Wildman–Crippen MR) is 122 cm³/mol. The molecule has 3 aromatic rings. The molecule has 4 nitrogen and oxygen atoms in total. The minimum Gasteiger partial charge on any atom is -0.497 e. The Bertz CT molecular complexity index is 1040. The Kier molecular flexibility index (Phi) is 6.38. The Morgan fingerprint density at radius 3 is 2.35 bits per heavy atom. The Morgan fingerprint density at radius 1 is 0.968 bits per heavy atom. The molecule has 1 aliphatic heterocycles. The van der Waals surface area contributed by atoms with E-state index in [4.69, 9.17) is 9.47 Å². The van der Waals surface area contributed by atoms with Gasteiger partial charge in [0.1, 0.15) is 5.75 Å². The third kappa shape index (κ3) is 4.80. The van der Waals surface area contributed by atoms with Crippen molar-refractivity contribution < 1.29 is 14.3 Å². The topological polar surface area (TPSA) is 38.8 Å². The number of benzene rings is 3. The number of rotatable bonds is 6. The lowest BCUT2D eigenvalue weighted by atomic mass is 9.89. The van der Waals surface area contributed by atoms with Gasteiger partial charge in [-0.05, 0) is 60.7 Å². The summed E-state index contributed by atoms with van der Waals surface area (Å²) in [5.41, 5.74) is 5.61. The van der Waals surface area contributed by atoms with E-state index in [0.717, 1.165) is 24.3 Å². The fraction of sp³-hybridized carbons (Fsp3) is 0.296. The average Bonchev–Trinajstić information content (AvgIpc) is 2.78. The van der Waals surface area contributed by atoms with E-state index in [9.17, 15) is 4.79 Å². The van der Waals surface area contributed by atoms with Gasteiger partial charge in [0.05, 0.1) is 18.8 Å². The number of methoxy groups -OCH3 is 1. The van der Waals surface area contributed by atoms with E-state index in [1.807, 2.05) is 50.2 Å². The molecule has 0 spiro atoms. The number of nitrogens with zero attached hydrogens (tertiary/aromatic N) is 1. The van der Waals surface area contributed by atoms with Crippen molar-refractivity contribution in [3.8, 4) is 5.75 Å². The van der Waals surface area contributed by atoms with Crippen LogP contribution in [0.2, 0.25) is 0 Å². The fourth-order valence-electron chi connectivity index (χ4n) is 4.25. The molecule has 0 aromatic heterocycles. The number of hydrogen-bond donors (Lipinski definition) is 0. The van der Waals surface area contributed by atoms with Crippen LogP contribution >= 0.6 is 0 Å². The number of carbonyl (C=O) groups is 1. The molecule has 0 saturated heterocycles. The summed E-state index contributed by atoms with van der Waals surface area (Å²) in [5, 5.41) is 0. The maximum Gasteiger partial charge on any atom is 0.338 e. The van der Waals surface area contributed by atoms with E-state index in [1.54, 1.807) is 7.11 Å². The van der Waals surface area contributed by atoms with Crippen LogP contribution in [0.25, 0.3) is 0 Å². The summed E-state index contributed by atoms with van der Waals surface area (Å²) in [6, 6.07) is 24.9. The molecule has 0 amide bonds. The summed E-state index contributed by atoms with van der Waals surface area (Å²) in [7, 11) is 1.69. The zero-order valence-electron chi connectivity index (χ0n) is 18.4. The molecule has 0 aliphatic carbocycles. The average molecular weight is 416 g/mol. The van der Waals surface area contributed by atoms with Crippen molar-refractivity contribution in [2.24, 2.45) is 0 Å². The van der Waals surface area contributed by atoms with Crippen LogP contribution in [0.4, 0.5) is 0 Å². The van der Waals surface area contributed by atoms with Crippen molar-refractivity contribution in [2.75, 3.05) is 7.11 Å². The number of ether oxygens (including phenoxy) is 2. The third-order valence-corrected chi connectivity index (χ3v) is 5.80. The first-order valence-corrected chi connectivity index (χ1v) is 10.8. The third-order valence-electron chi connectivity index (χ3n) is 5.80. The van der Waals surface area contributed by atoms with E-state index in [-0.39, 0.29) is 18.1 Å². The molecular weight excluding hydrogens is 386 g/mol. The predicted octanol–water partition coefficient (Wildman–Crippen LogP) is 5.56. The van der Waals surface area contributed by atoms with Crippen LogP contribution in [0.5, 0.6) is 5.75 Å². The molecule has 0 N–H and O–H groups in total. The lowest BCUT2D eigenvalue weighted by molar-refractivity contribution is 0.0374. The molecule has 0 saturated carbocycles. The highest BCUT2D eigenvalue weighted by molar-refractivity contribution is 5.91. The highest BCUT2D eigenvalue weighted by Crippen LogP contribution is 2.35. The molecule has 4 heteroatoms. The lowest BCUT2D eigenvalue weighted by Gasteiger charge is -2.37. The van der Waals surface area contributed by atoms with Crippen LogP contribution in [0.3, 0.4) is 0 Å². The molecule has 3 aromatic carbocycles. The van der Waals surface area contributed by atoms with Gasteiger partial charge in [0.25, 0.3) is 0 Å². The van der Waals surface area contributed by atoms with Crippen LogP contribution in [0.15, 0.2) is 72.8 Å². The van der Waals surface area contributed by atoms with Gasteiger partial charge in [-0.25, -0.2) is 4.79 Å². The van der Waals surface area contributed by atoms with Gasteiger partial charge in [0.2, 0.25) is 0 Å². The number of fused-ring (bicyclic) bond motifs is 1. The molecule has 1 heterocycles. The van der Waals surface area contributed by atoms with Crippen molar-refractivity contribution in [1.82, 2.24) is 4.90 Å². The Hall–Kier alpha value is -3.11. The quantitative estimate of drug-likeness (QED) is 0.494. The van der Waals surface area contributed by atoms with E-state index >= 15 is 0 Å². The number of esters is 1. The SMILES string of the molecule is COc1ccc(C2Cc3ccccc3CN2Cc2ccccc2C(=O)OC(C)C)cc1. The first-order valence-electron chi connectivity index (χ1n) is 10.8. The minimum atomic E-state index is -0.260. The Balaban J connectivity index is 1.67. The Morgan fingerprint density at radius 2 is 1.65 bits per heavy atom. The molecular formula is C27H29NO3. The number of carbonyl (C=O) groups excluding carboxylic acids is 1. The summed E-state index contributed by atoms with van der Waals surface area (Å²) >= 11 is 0. The zero-order valence-corrected chi connectivity index (χ0v) is 18.4. The van der Waals surface area contributed by atoms with Gasteiger partial charge in [0, 0.05) is 19.1 Å². The fourth-order valence-corrected chi connectivity index (χ4v) is 4.25. The molecule has 31 heavy (non-hydrogen) atoms. The molecule has 0 bridgehead atoms.